The summed E-state index contributed by atoms with van der Waals surface area (Å²) in [7, 11) is 0. The van der Waals surface area contributed by atoms with Crippen molar-refractivity contribution in [3.8, 4) is 0 Å². The summed E-state index contributed by atoms with van der Waals surface area (Å²) in [6.07, 6.45) is 3.13. The molecule has 3 rings (SSSR count). The molecule has 0 aliphatic carbocycles. The van der Waals surface area contributed by atoms with E-state index in [2.05, 4.69) is 4.98 Å². The molecule has 1 aromatic carbocycles. The fraction of sp³-hybridized carbons (Fsp3) is 0.333. The Bertz CT molecular complexity index is 764. The highest BCUT2D eigenvalue weighted by atomic mass is 19.1. The van der Waals surface area contributed by atoms with Gasteiger partial charge in [-0.2, -0.15) is 0 Å². The number of benzene rings is 1. The highest BCUT2D eigenvalue weighted by Crippen LogP contribution is 2.23. The number of likely N-dealkylation sites (tertiary alicyclic amines) is 1. The molecule has 0 radical (unpaired) electrons. The van der Waals surface area contributed by atoms with E-state index in [-0.39, 0.29) is 17.3 Å². The zero-order valence-electron chi connectivity index (χ0n) is 13.0. The second-order valence-electron chi connectivity index (χ2n) is 6.14. The summed E-state index contributed by atoms with van der Waals surface area (Å²) in [6.45, 7) is 3.10. The first-order chi connectivity index (χ1) is 11.0. The molecule has 120 valence electrons. The minimum atomic E-state index is -0.220. The number of pyridine rings is 1. The molecule has 0 bridgehead atoms. The number of carbonyl (C=O) groups is 1. The molecule has 23 heavy (non-hydrogen) atoms. The lowest BCUT2D eigenvalue weighted by Gasteiger charge is -2.16. The largest absolute Gasteiger partial charge is 0.338 e. The van der Waals surface area contributed by atoms with Crippen LogP contribution in [0, 0.1) is 18.7 Å². The first-order valence-corrected chi connectivity index (χ1v) is 7.76. The third-order valence-electron chi connectivity index (χ3n) is 4.36. The number of halogens is 1. The number of nitrogens with zero attached hydrogens (tertiary/aromatic N) is 1. The normalized spacial score (nSPS) is 17.5. The summed E-state index contributed by atoms with van der Waals surface area (Å²) >= 11 is 0. The Morgan fingerprint density at radius 1 is 1.35 bits per heavy atom. The van der Waals surface area contributed by atoms with Crippen molar-refractivity contribution in [3.05, 3.63) is 69.4 Å². The van der Waals surface area contributed by atoms with E-state index in [1.165, 1.54) is 12.3 Å². The number of hydrogen-bond acceptors (Lipinski definition) is 2. The van der Waals surface area contributed by atoms with Gasteiger partial charge in [-0.3, -0.25) is 9.59 Å². The topological polar surface area (TPSA) is 53.2 Å². The van der Waals surface area contributed by atoms with Crippen molar-refractivity contribution in [1.82, 2.24) is 9.88 Å². The molecule has 1 atom stereocenters. The highest BCUT2D eigenvalue weighted by molar-refractivity contribution is 5.94. The van der Waals surface area contributed by atoms with Crippen molar-refractivity contribution in [1.29, 1.82) is 0 Å². The van der Waals surface area contributed by atoms with E-state index >= 15 is 0 Å². The second-order valence-corrected chi connectivity index (χ2v) is 6.14. The standard InChI is InChI=1S/C18H19FN2O2/c1-12-2-3-13(9-16(12)19)8-14-6-7-21(11-14)18(23)15-4-5-17(22)20-10-15/h2-5,9-10,14H,6-8,11H2,1H3,(H,20,22). The van der Waals surface area contributed by atoms with Crippen LogP contribution in [0.2, 0.25) is 0 Å². The average Bonchev–Trinajstić information content (AvgIpc) is 2.99. The van der Waals surface area contributed by atoms with Gasteiger partial charge in [0.2, 0.25) is 5.56 Å². The summed E-state index contributed by atoms with van der Waals surface area (Å²) in [5.41, 5.74) is 1.89. The molecule has 1 saturated heterocycles. The van der Waals surface area contributed by atoms with E-state index in [1.54, 1.807) is 30.0 Å². The molecule has 5 heteroatoms. The number of hydrogen-bond donors (Lipinski definition) is 1. The van der Waals surface area contributed by atoms with Gasteiger partial charge in [0.1, 0.15) is 5.82 Å². The third kappa shape index (κ3) is 3.50. The number of aryl methyl sites for hydroxylation is 1. The minimum Gasteiger partial charge on any atom is -0.338 e. The highest BCUT2D eigenvalue weighted by Gasteiger charge is 2.27. The summed E-state index contributed by atoms with van der Waals surface area (Å²) in [4.78, 5) is 27.8. The van der Waals surface area contributed by atoms with Crippen molar-refractivity contribution in [2.24, 2.45) is 5.92 Å². The number of aromatic amines is 1. The van der Waals surface area contributed by atoms with Crippen LogP contribution in [-0.4, -0.2) is 28.9 Å². The fourth-order valence-electron chi connectivity index (χ4n) is 3.01. The van der Waals surface area contributed by atoms with Gasteiger partial charge in [-0.25, -0.2) is 4.39 Å². The van der Waals surface area contributed by atoms with E-state index < -0.39 is 0 Å². The average molecular weight is 314 g/mol. The molecule has 1 amide bonds. The van der Waals surface area contributed by atoms with Crippen LogP contribution in [0.5, 0.6) is 0 Å². The Balaban J connectivity index is 1.63. The van der Waals surface area contributed by atoms with Crippen molar-refractivity contribution < 1.29 is 9.18 Å². The lowest BCUT2D eigenvalue weighted by molar-refractivity contribution is 0.0786. The monoisotopic (exact) mass is 314 g/mol. The van der Waals surface area contributed by atoms with Crippen LogP contribution >= 0.6 is 0 Å². The van der Waals surface area contributed by atoms with Crippen molar-refractivity contribution in [2.75, 3.05) is 13.1 Å². The molecule has 0 spiro atoms. The first kappa shape index (κ1) is 15.5. The number of rotatable bonds is 3. The maximum absolute atomic E-state index is 13.6. The Morgan fingerprint density at radius 2 is 2.17 bits per heavy atom. The van der Waals surface area contributed by atoms with Crippen molar-refractivity contribution >= 4 is 5.91 Å². The van der Waals surface area contributed by atoms with Crippen LogP contribution in [-0.2, 0) is 6.42 Å². The summed E-state index contributed by atoms with van der Waals surface area (Å²) in [5, 5.41) is 0. The Hall–Kier alpha value is -2.43. The Kier molecular flexibility index (Phi) is 4.28. The van der Waals surface area contributed by atoms with Gasteiger partial charge in [-0.1, -0.05) is 12.1 Å². The van der Waals surface area contributed by atoms with Crippen LogP contribution in [0.15, 0.2) is 41.3 Å². The van der Waals surface area contributed by atoms with Gasteiger partial charge in [-0.05, 0) is 48.9 Å². The van der Waals surface area contributed by atoms with E-state index in [4.69, 9.17) is 0 Å². The minimum absolute atomic E-state index is 0.0705. The molecule has 4 nitrogen and oxygen atoms in total. The molecule has 2 aromatic rings. The van der Waals surface area contributed by atoms with Crippen molar-refractivity contribution in [2.45, 2.75) is 19.8 Å². The Labute approximate surface area is 134 Å². The molecule has 1 fully saturated rings. The van der Waals surface area contributed by atoms with Crippen molar-refractivity contribution in [3.63, 3.8) is 0 Å². The van der Waals surface area contributed by atoms with Crippen LogP contribution in [0.1, 0.15) is 27.9 Å². The van der Waals surface area contributed by atoms with Gasteiger partial charge < -0.3 is 9.88 Å². The molecule has 0 saturated carbocycles. The number of H-pyrrole nitrogens is 1. The van der Waals surface area contributed by atoms with E-state index in [0.717, 1.165) is 18.4 Å². The lowest BCUT2D eigenvalue weighted by atomic mass is 9.98. The van der Waals surface area contributed by atoms with Crippen LogP contribution in [0.3, 0.4) is 0 Å². The maximum Gasteiger partial charge on any atom is 0.255 e. The van der Waals surface area contributed by atoms with E-state index in [1.807, 2.05) is 6.07 Å². The molecular formula is C18H19FN2O2. The smallest absolute Gasteiger partial charge is 0.255 e. The van der Waals surface area contributed by atoms with Gasteiger partial charge in [0.25, 0.3) is 5.91 Å². The van der Waals surface area contributed by atoms with Gasteiger partial charge in [0, 0.05) is 25.4 Å². The van der Waals surface area contributed by atoms with Gasteiger partial charge in [0.05, 0.1) is 5.56 Å². The molecule has 1 aromatic heterocycles. The molecule has 2 heterocycles. The summed E-state index contributed by atoms with van der Waals surface area (Å²) in [6, 6.07) is 8.23. The van der Waals surface area contributed by atoms with Crippen LogP contribution in [0.25, 0.3) is 0 Å². The number of nitrogens with one attached hydrogen (secondary N) is 1. The molecule has 1 aliphatic rings. The predicted octanol–water partition coefficient (Wildman–Crippen LogP) is 2.53. The Morgan fingerprint density at radius 3 is 2.87 bits per heavy atom. The third-order valence-corrected chi connectivity index (χ3v) is 4.36. The van der Waals surface area contributed by atoms with E-state index in [0.29, 0.717) is 30.1 Å². The van der Waals surface area contributed by atoms with Gasteiger partial charge in [-0.15, -0.1) is 0 Å². The molecule has 1 unspecified atom stereocenters. The predicted molar refractivity (Wildman–Crippen MR) is 85.9 cm³/mol. The van der Waals surface area contributed by atoms with Gasteiger partial charge >= 0.3 is 0 Å². The maximum atomic E-state index is 13.6. The zero-order valence-corrected chi connectivity index (χ0v) is 13.0. The number of carbonyl (C=O) groups excluding carboxylic acids is 1. The molecule has 1 N–H and O–H groups in total. The van der Waals surface area contributed by atoms with E-state index in [9.17, 15) is 14.0 Å². The van der Waals surface area contributed by atoms with Crippen LogP contribution < -0.4 is 5.56 Å². The first-order valence-electron chi connectivity index (χ1n) is 7.76. The zero-order chi connectivity index (χ0) is 16.4. The molecular weight excluding hydrogens is 295 g/mol. The number of amides is 1. The number of aromatic nitrogens is 1. The SMILES string of the molecule is Cc1ccc(CC2CCN(C(=O)c3ccc(=O)[nH]c3)C2)cc1F. The lowest BCUT2D eigenvalue weighted by Crippen LogP contribution is -2.29. The van der Waals surface area contributed by atoms with Gasteiger partial charge in [0.15, 0.2) is 0 Å². The van der Waals surface area contributed by atoms with Crippen LogP contribution in [0.4, 0.5) is 4.39 Å². The molecule has 1 aliphatic heterocycles. The fourth-order valence-corrected chi connectivity index (χ4v) is 3.01. The second kappa shape index (κ2) is 6.36. The quantitative estimate of drug-likeness (QED) is 0.946. The summed E-state index contributed by atoms with van der Waals surface area (Å²) < 4.78 is 13.6. The summed E-state index contributed by atoms with van der Waals surface area (Å²) in [5.74, 6) is 0.0873.